The molecule has 8 heteroatoms. The topological polar surface area (TPSA) is 82.3 Å². The first-order valence-electron chi connectivity index (χ1n) is 4.14. The van der Waals surface area contributed by atoms with Crippen LogP contribution < -0.4 is 9.88 Å². The van der Waals surface area contributed by atoms with Gasteiger partial charge in [0.25, 0.3) is 6.43 Å². The lowest BCUT2D eigenvalue weighted by Gasteiger charge is -2.11. The molecule has 0 bridgehead atoms. The minimum atomic E-state index is -4.23. The summed E-state index contributed by atoms with van der Waals surface area (Å²) in [5.41, 5.74) is -0.816. The highest BCUT2D eigenvalue weighted by Crippen LogP contribution is 2.30. The van der Waals surface area contributed by atoms with Crippen LogP contribution in [0, 0.1) is 6.92 Å². The van der Waals surface area contributed by atoms with Gasteiger partial charge in [-0.25, -0.2) is 27.3 Å². The molecule has 1 aromatic heterocycles. The van der Waals surface area contributed by atoms with E-state index in [9.17, 15) is 17.2 Å². The van der Waals surface area contributed by atoms with Crippen molar-refractivity contribution in [1.82, 2.24) is 4.98 Å². The lowest BCUT2D eigenvalue weighted by molar-refractivity contribution is 0.147. The Balaban J connectivity index is 3.59. The summed E-state index contributed by atoms with van der Waals surface area (Å²) in [5, 5.41) is 4.85. The van der Waals surface area contributed by atoms with Crippen LogP contribution in [0.1, 0.15) is 17.7 Å². The fraction of sp³-hybridized carbons (Fsp3) is 0.375. The van der Waals surface area contributed by atoms with Crippen LogP contribution in [0.5, 0.6) is 5.88 Å². The molecule has 2 N–H and O–H groups in total. The zero-order valence-corrected chi connectivity index (χ0v) is 9.38. The number of alkyl halides is 2. The van der Waals surface area contributed by atoms with Crippen LogP contribution in [0.25, 0.3) is 0 Å². The predicted molar refractivity (Wildman–Crippen MR) is 51.9 cm³/mol. The van der Waals surface area contributed by atoms with Crippen molar-refractivity contribution in [3.8, 4) is 5.88 Å². The molecule has 0 amide bonds. The average Bonchev–Trinajstić information content (AvgIpc) is 2.14. The molecule has 0 atom stereocenters. The van der Waals surface area contributed by atoms with Gasteiger partial charge in [0.2, 0.25) is 15.9 Å². The number of nitrogens with zero attached hydrogens (tertiary/aromatic N) is 1. The lowest BCUT2D eigenvalue weighted by atomic mass is 10.2. The van der Waals surface area contributed by atoms with E-state index in [-0.39, 0.29) is 11.6 Å². The van der Waals surface area contributed by atoms with E-state index < -0.39 is 26.9 Å². The average molecular weight is 252 g/mol. The highest BCUT2D eigenvalue weighted by molar-refractivity contribution is 7.89. The van der Waals surface area contributed by atoms with Gasteiger partial charge >= 0.3 is 0 Å². The molecule has 0 spiro atoms. The van der Waals surface area contributed by atoms with Crippen molar-refractivity contribution < 1.29 is 21.9 Å². The number of aryl methyl sites for hydroxylation is 1. The van der Waals surface area contributed by atoms with Gasteiger partial charge in [0.1, 0.15) is 4.90 Å². The highest BCUT2D eigenvalue weighted by Gasteiger charge is 2.25. The summed E-state index contributed by atoms with van der Waals surface area (Å²) in [6, 6.07) is 0.859. The number of methoxy groups -OCH3 is 1. The van der Waals surface area contributed by atoms with Gasteiger partial charge in [0.05, 0.1) is 12.8 Å². The molecule has 0 aliphatic rings. The van der Waals surface area contributed by atoms with E-state index in [2.05, 4.69) is 9.72 Å². The number of rotatable bonds is 3. The van der Waals surface area contributed by atoms with Crippen molar-refractivity contribution in [2.24, 2.45) is 5.14 Å². The molecular weight excluding hydrogens is 242 g/mol. The number of pyridine rings is 1. The number of ether oxygens (including phenoxy) is 1. The number of aromatic nitrogens is 1. The minimum absolute atomic E-state index is 0.0831. The Morgan fingerprint density at radius 1 is 1.50 bits per heavy atom. The van der Waals surface area contributed by atoms with Crippen LogP contribution in [-0.2, 0) is 10.0 Å². The summed E-state index contributed by atoms with van der Waals surface area (Å²) in [4.78, 5) is 3.04. The maximum Gasteiger partial charge on any atom is 0.265 e. The number of halogens is 2. The second-order valence-corrected chi connectivity index (χ2v) is 4.51. The summed E-state index contributed by atoms with van der Waals surface area (Å²) in [6.07, 6.45) is -2.97. The Bertz CT molecular complexity index is 502. The van der Waals surface area contributed by atoms with Gasteiger partial charge in [0, 0.05) is 11.6 Å². The van der Waals surface area contributed by atoms with Gasteiger partial charge in [-0.3, -0.25) is 0 Å². The van der Waals surface area contributed by atoms with Gasteiger partial charge in [-0.05, 0) is 6.92 Å². The maximum atomic E-state index is 12.7. The van der Waals surface area contributed by atoms with Crippen molar-refractivity contribution in [2.75, 3.05) is 7.11 Å². The molecule has 0 aliphatic carbocycles. The smallest absolute Gasteiger partial charge is 0.265 e. The Kier molecular flexibility index (Phi) is 3.44. The first kappa shape index (κ1) is 12.8. The monoisotopic (exact) mass is 252 g/mol. The SMILES string of the molecule is COc1cc(C(F)F)c(S(N)(=O)=O)c(C)n1. The normalized spacial score (nSPS) is 11.9. The third kappa shape index (κ3) is 2.45. The largest absolute Gasteiger partial charge is 0.481 e. The molecule has 5 nitrogen and oxygen atoms in total. The summed E-state index contributed by atoms with van der Waals surface area (Å²) < 4.78 is 52.3. The number of nitrogens with two attached hydrogens (primary N) is 1. The number of primary sulfonamides is 1. The van der Waals surface area contributed by atoms with Crippen molar-refractivity contribution in [1.29, 1.82) is 0 Å². The van der Waals surface area contributed by atoms with E-state index in [1.807, 2.05) is 0 Å². The highest BCUT2D eigenvalue weighted by atomic mass is 32.2. The summed E-state index contributed by atoms with van der Waals surface area (Å²) in [6.45, 7) is 1.27. The van der Waals surface area contributed by atoms with Gasteiger partial charge in [-0.15, -0.1) is 0 Å². The summed E-state index contributed by atoms with van der Waals surface area (Å²) in [5.74, 6) is -0.0831. The van der Waals surface area contributed by atoms with E-state index in [4.69, 9.17) is 5.14 Å². The van der Waals surface area contributed by atoms with Gasteiger partial charge in [-0.1, -0.05) is 0 Å². The molecule has 0 radical (unpaired) electrons. The molecule has 0 aromatic carbocycles. The Morgan fingerprint density at radius 2 is 2.06 bits per heavy atom. The molecule has 0 aliphatic heterocycles. The molecule has 0 saturated heterocycles. The van der Waals surface area contributed by atoms with Crippen LogP contribution >= 0.6 is 0 Å². The number of hydrogen-bond acceptors (Lipinski definition) is 4. The van der Waals surface area contributed by atoms with Crippen LogP contribution in [0.4, 0.5) is 8.78 Å². The van der Waals surface area contributed by atoms with Gasteiger partial charge in [0.15, 0.2) is 0 Å². The quantitative estimate of drug-likeness (QED) is 0.869. The summed E-state index contributed by atoms with van der Waals surface area (Å²) >= 11 is 0. The molecule has 1 rings (SSSR count). The molecule has 0 unspecified atom stereocenters. The van der Waals surface area contributed by atoms with Gasteiger partial charge < -0.3 is 4.74 Å². The molecule has 1 aromatic rings. The van der Waals surface area contributed by atoms with E-state index in [0.717, 1.165) is 6.07 Å². The molecular formula is C8H10F2N2O3S. The maximum absolute atomic E-state index is 12.7. The number of sulfonamides is 1. The molecule has 90 valence electrons. The Morgan fingerprint density at radius 3 is 2.44 bits per heavy atom. The third-order valence-corrected chi connectivity index (χ3v) is 2.98. The Hall–Kier alpha value is -1.28. The third-order valence-electron chi connectivity index (χ3n) is 1.88. The fourth-order valence-corrected chi connectivity index (χ4v) is 2.23. The van der Waals surface area contributed by atoms with E-state index in [1.165, 1.54) is 14.0 Å². The molecule has 1 heterocycles. The van der Waals surface area contributed by atoms with Gasteiger partial charge in [-0.2, -0.15) is 0 Å². The predicted octanol–water partition coefficient (Wildman–Crippen LogP) is 0.984. The molecule has 0 saturated carbocycles. The van der Waals surface area contributed by atoms with Crippen molar-refractivity contribution >= 4 is 10.0 Å². The fourth-order valence-electron chi connectivity index (χ4n) is 1.29. The van der Waals surface area contributed by atoms with Crippen molar-refractivity contribution in [3.63, 3.8) is 0 Å². The van der Waals surface area contributed by atoms with Crippen molar-refractivity contribution in [3.05, 3.63) is 17.3 Å². The zero-order chi connectivity index (χ0) is 12.5. The van der Waals surface area contributed by atoms with Crippen LogP contribution in [0.15, 0.2) is 11.0 Å². The molecule has 16 heavy (non-hydrogen) atoms. The first-order chi connectivity index (χ1) is 7.27. The van der Waals surface area contributed by atoms with Crippen LogP contribution in [-0.4, -0.2) is 20.5 Å². The first-order valence-corrected chi connectivity index (χ1v) is 5.68. The van der Waals surface area contributed by atoms with E-state index in [1.54, 1.807) is 0 Å². The van der Waals surface area contributed by atoms with Crippen LogP contribution in [0.3, 0.4) is 0 Å². The van der Waals surface area contributed by atoms with Crippen LogP contribution in [0.2, 0.25) is 0 Å². The second-order valence-electron chi connectivity index (χ2n) is 3.01. The van der Waals surface area contributed by atoms with E-state index in [0.29, 0.717) is 0 Å². The molecule has 0 fully saturated rings. The standard InChI is InChI=1S/C8H10F2N2O3S/c1-4-7(16(11,13)14)5(8(9)10)3-6(12-4)15-2/h3,8H,1-2H3,(H2,11,13,14). The lowest BCUT2D eigenvalue weighted by Crippen LogP contribution is -2.17. The zero-order valence-electron chi connectivity index (χ0n) is 8.57. The summed E-state index contributed by atoms with van der Waals surface area (Å²) in [7, 11) is -2.99. The minimum Gasteiger partial charge on any atom is -0.481 e. The second kappa shape index (κ2) is 4.30. The van der Waals surface area contributed by atoms with E-state index >= 15 is 0 Å². The van der Waals surface area contributed by atoms with Crippen molar-refractivity contribution in [2.45, 2.75) is 18.2 Å². The number of hydrogen-bond donors (Lipinski definition) is 1. The Labute approximate surface area is 91.3 Å².